The first-order valence-corrected chi connectivity index (χ1v) is 11.9. The van der Waals surface area contributed by atoms with E-state index < -0.39 is 27.8 Å². The van der Waals surface area contributed by atoms with Crippen molar-refractivity contribution in [2.45, 2.75) is 100 Å². The van der Waals surface area contributed by atoms with E-state index in [1.165, 1.54) is 19.3 Å². The summed E-state index contributed by atoms with van der Waals surface area (Å²) in [7, 11) is 7.31. The lowest BCUT2D eigenvalue weighted by atomic mass is 9.39. The van der Waals surface area contributed by atoms with E-state index in [0.717, 1.165) is 24.2 Å². The first-order valence-electron chi connectivity index (χ1n) is 11.9. The number of quaternary nitrogens is 1. The fraction of sp³-hybridized carbons (Fsp3) is 0.731. The molecule has 2 heterocycles. The average Bonchev–Trinajstić information content (AvgIpc) is 2.96. The molecule has 5 nitrogen and oxygen atoms in total. The average molecular weight is 427 g/mol. The molecule has 2 bridgehead atoms. The zero-order valence-corrected chi connectivity index (χ0v) is 19.3. The highest BCUT2D eigenvalue weighted by molar-refractivity contribution is 5.65. The standard InChI is InChI=1S/C26H36NO4/c1-21(9-6-10-21)16-27(5)14-13-25-19-17-7-8-18(28)20(19)31-24(25,4)23(3,29)11-12-26(25,30)22(27,2)15-17/h5,7-8,28-30H,6,9-16H2,1-4H3/q+1. The van der Waals surface area contributed by atoms with Crippen molar-refractivity contribution in [1.82, 2.24) is 0 Å². The molecule has 0 amide bonds. The normalized spacial score (nSPS) is 50.9. The molecule has 3 fully saturated rings. The van der Waals surface area contributed by atoms with Crippen LogP contribution in [0.5, 0.6) is 11.5 Å². The van der Waals surface area contributed by atoms with Gasteiger partial charge in [-0.05, 0) is 58.1 Å². The van der Waals surface area contributed by atoms with Gasteiger partial charge in [0.2, 0.25) is 7.05 Å². The van der Waals surface area contributed by atoms with E-state index in [1.807, 2.05) is 19.9 Å². The summed E-state index contributed by atoms with van der Waals surface area (Å²) in [5, 5.41) is 35.1. The SMILES string of the molecule is [CH][N+]1(CC2(C)CCC2)CCC23c4c5ccc(O)c4OC2(C)C(C)(O)CCC3(O)C1(C)C5. The van der Waals surface area contributed by atoms with Gasteiger partial charge in [0.1, 0.15) is 22.3 Å². The molecule has 2 radical (unpaired) electrons. The number of likely N-dealkylation sites (tertiary alicyclic amines) is 1. The fourth-order valence-corrected chi connectivity index (χ4v) is 8.74. The third-order valence-electron chi connectivity index (χ3n) is 11.0. The third-order valence-corrected chi connectivity index (χ3v) is 11.0. The van der Waals surface area contributed by atoms with Crippen LogP contribution >= 0.6 is 0 Å². The van der Waals surface area contributed by atoms with Crippen molar-refractivity contribution in [3.8, 4) is 11.5 Å². The van der Waals surface area contributed by atoms with Gasteiger partial charge >= 0.3 is 0 Å². The Morgan fingerprint density at radius 3 is 2.39 bits per heavy atom. The zero-order chi connectivity index (χ0) is 22.3. The van der Waals surface area contributed by atoms with Crippen molar-refractivity contribution < 1.29 is 24.5 Å². The van der Waals surface area contributed by atoms with Crippen LogP contribution in [0.25, 0.3) is 0 Å². The quantitative estimate of drug-likeness (QED) is 0.634. The fourth-order valence-electron chi connectivity index (χ4n) is 8.74. The van der Waals surface area contributed by atoms with Crippen molar-refractivity contribution in [1.29, 1.82) is 0 Å². The van der Waals surface area contributed by atoms with Gasteiger partial charge in [0.05, 0.1) is 18.5 Å². The molecule has 3 aliphatic carbocycles. The predicted molar refractivity (Wildman–Crippen MR) is 117 cm³/mol. The lowest BCUT2D eigenvalue weighted by Gasteiger charge is -2.73. The Hall–Kier alpha value is -1.30. The van der Waals surface area contributed by atoms with Gasteiger partial charge in [0.15, 0.2) is 11.5 Å². The minimum absolute atomic E-state index is 0.0894. The number of rotatable bonds is 2. The van der Waals surface area contributed by atoms with Crippen molar-refractivity contribution in [2.75, 3.05) is 13.1 Å². The number of phenols is 1. The molecule has 0 aromatic heterocycles. The number of hydrogen-bond acceptors (Lipinski definition) is 4. The largest absolute Gasteiger partial charge is 0.504 e. The van der Waals surface area contributed by atoms with Gasteiger partial charge in [-0.25, -0.2) is 0 Å². The van der Waals surface area contributed by atoms with Crippen LogP contribution in [-0.4, -0.2) is 55.2 Å². The van der Waals surface area contributed by atoms with E-state index in [2.05, 4.69) is 13.8 Å². The number of aromatic hydroxyl groups is 1. The summed E-state index contributed by atoms with van der Waals surface area (Å²) in [5.74, 6) is 0.539. The van der Waals surface area contributed by atoms with Crippen LogP contribution in [-0.2, 0) is 11.8 Å². The summed E-state index contributed by atoms with van der Waals surface area (Å²) in [6.07, 6.45) is 5.80. The van der Waals surface area contributed by atoms with Gasteiger partial charge in [-0.3, -0.25) is 0 Å². The zero-order valence-electron chi connectivity index (χ0n) is 19.3. The number of phenolic OH excluding ortho intramolecular Hbond substituents is 1. The molecule has 3 N–H and O–H groups in total. The van der Waals surface area contributed by atoms with Gasteiger partial charge in [-0.1, -0.05) is 19.4 Å². The van der Waals surface area contributed by atoms with Crippen LogP contribution in [0.2, 0.25) is 0 Å². The minimum atomic E-state index is -1.14. The van der Waals surface area contributed by atoms with Gasteiger partial charge in [-0.2, -0.15) is 0 Å². The number of benzene rings is 1. The number of hydrogen-bond donors (Lipinski definition) is 3. The van der Waals surface area contributed by atoms with Crippen molar-refractivity contribution in [3.63, 3.8) is 0 Å². The van der Waals surface area contributed by atoms with E-state index in [-0.39, 0.29) is 11.2 Å². The highest BCUT2D eigenvalue weighted by Crippen LogP contribution is 2.74. The molecule has 1 saturated heterocycles. The summed E-state index contributed by atoms with van der Waals surface area (Å²) in [5.41, 5.74) is -2.53. The molecule has 31 heavy (non-hydrogen) atoms. The maximum absolute atomic E-state index is 12.8. The van der Waals surface area contributed by atoms with Gasteiger partial charge < -0.3 is 24.5 Å². The van der Waals surface area contributed by atoms with Crippen LogP contribution in [0.3, 0.4) is 0 Å². The van der Waals surface area contributed by atoms with Gasteiger partial charge in [0, 0.05) is 23.8 Å². The summed E-state index contributed by atoms with van der Waals surface area (Å²) >= 11 is 0. The third kappa shape index (κ3) is 1.87. The van der Waals surface area contributed by atoms with Crippen LogP contribution in [0, 0.1) is 12.5 Å². The minimum Gasteiger partial charge on any atom is -0.504 e. The molecule has 6 rings (SSSR count). The molecule has 2 aliphatic heterocycles. The smallest absolute Gasteiger partial charge is 0.207 e. The van der Waals surface area contributed by atoms with Crippen molar-refractivity contribution >= 4 is 0 Å². The number of nitrogens with zero attached hydrogens (tertiary/aromatic N) is 1. The Morgan fingerprint density at radius 1 is 1.03 bits per heavy atom. The molecule has 2 saturated carbocycles. The Morgan fingerprint density at radius 2 is 1.74 bits per heavy atom. The topological polar surface area (TPSA) is 69.9 Å². The molecule has 5 heteroatoms. The monoisotopic (exact) mass is 426 g/mol. The second-order valence-electron chi connectivity index (χ2n) is 12.4. The second kappa shape index (κ2) is 5.26. The highest BCUT2D eigenvalue weighted by atomic mass is 16.5. The number of ether oxygens (including phenoxy) is 1. The van der Waals surface area contributed by atoms with Crippen LogP contribution in [0.1, 0.15) is 77.3 Å². The number of aliphatic hydroxyl groups is 2. The number of piperidine rings is 1. The van der Waals surface area contributed by atoms with Crippen molar-refractivity contribution in [2.24, 2.45) is 5.41 Å². The summed E-state index contributed by atoms with van der Waals surface area (Å²) < 4.78 is 6.87. The second-order valence-corrected chi connectivity index (χ2v) is 12.4. The summed E-state index contributed by atoms with van der Waals surface area (Å²) in [6, 6.07) is 3.68. The first kappa shape index (κ1) is 20.3. The van der Waals surface area contributed by atoms with E-state index in [0.29, 0.717) is 35.9 Å². The predicted octanol–water partition coefficient (Wildman–Crippen LogP) is 3.45. The maximum atomic E-state index is 12.8. The Balaban J connectivity index is 1.64. The molecule has 1 aromatic rings. The van der Waals surface area contributed by atoms with E-state index in [9.17, 15) is 15.3 Å². The van der Waals surface area contributed by atoms with Crippen molar-refractivity contribution in [3.05, 3.63) is 30.3 Å². The molecular formula is C26H36NO4+. The summed E-state index contributed by atoms with van der Waals surface area (Å²) in [6.45, 7) is 9.85. The Labute approximate surface area is 185 Å². The van der Waals surface area contributed by atoms with E-state index in [4.69, 9.17) is 11.8 Å². The maximum Gasteiger partial charge on any atom is 0.207 e. The molecule has 168 valence electrons. The molecule has 1 aromatic carbocycles. The molecule has 1 spiro atoms. The molecule has 6 unspecified atom stereocenters. The van der Waals surface area contributed by atoms with Gasteiger partial charge in [0.25, 0.3) is 0 Å². The van der Waals surface area contributed by atoms with Crippen LogP contribution in [0.15, 0.2) is 12.1 Å². The lowest BCUT2D eigenvalue weighted by Crippen LogP contribution is -2.89. The Bertz CT molecular complexity index is 1000. The molecule has 5 aliphatic rings. The Kier molecular flexibility index (Phi) is 3.45. The molecular weight excluding hydrogens is 390 g/mol. The molecule has 6 atom stereocenters. The summed E-state index contributed by atoms with van der Waals surface area (Å²) in [4.78, 5) is 0. The highest BCUT2D eigenvalue weighted by Gasteiger charge is 2.86. The van der Waals surface area contributed by atoms with Crippen LogP contribution < -0.4 is 4.74 Å². The van der Waals surface area contributed by atoms with Gasteiger partial charge in [-0.15, -0.1) is 0 Å². The van der Waals surface area contributed by atoms with E-state index in [1.54, 1.807) is 6.07 Å². The van der Waals surface area contributed by atoms with E-state index >= 15 is 0 Å². The lowest BCUT2D eigenvalue weighted by molar-refractivity contribution is -0.960. The van der Waals surface area contributed by atoms with Crippen LogP contribution in [0.4, 0.5) is 0 Å². The first-order chi connectivity index (χ1) is 14.3.